The van der Waals surface area contributed by atoms with Crippen LogP contribution in [0.1, 0.15) is 56.0 Å². The van der Waals surface area contributed by atoms with Crippen molar-refractivity contribution in [2.75, 3.05) is 0 Å². The molecule has 2 aliphatic carbocycles. The lowest BCUT2D eigenvalue weighted by Crippen LogP contribution is -2.58. The summed E-state index contributed by atoms with van der Waals surface area (Å²) >= 11 is 3.07. The molecule has 0 unspecified atom stereocenters. The fraction of sp³-hybridized carbons (Fsp3) is 0.345. The van der Waals surface area contributed by atoms with Gasteiger partial charge in [0.1, 0.15) is 21.4 Å². The van der Waals surface area contributed by atoms with Crippen molar-refractivity contribution in [1.29, 1.82) is 0 Å². The highest BCUT2D eigenvalue weighted by Crippen LogP contribution is 2.48. The molecule has 2 aromatic carbocycles. The molecule has 0 aliphatic heterocycles. The molecule has 0 bridgehead atoms. The molecule has 0 spiro atoms. The number of nitrogens with two attached hydrogens (primary N) is 1. The van der Waals surface area contributed by atoms with Gasteiger partial charge in [0.2, 0.25) is 0 Å². The van der Waals surface area contributed by atoms with E-state index in [9.17, 15) is 15.0 Å². The van der Waals surface area contributed by atoms with Gasteiger partial charge in [0.25, 0.3) is 0 Å². The van der Waals surface area contributed by atoms with Crippen LogP contribution in [0.3, 0.4) is 0 Å². The largest absolute Gasteiger partial charge is 0.390 e. The van der Waals surface area contributed by atoms with Crippen LogP contribution in [0.4, 0.5) is 0 Å². The molecule has 2 aromatic heterocycles. The van der Waals surface area contributed by atoms with Crippen molar-refractivity contribution in [1.82, 2.24) is 9.97 Å². The normalized spacial score (nSPS) is 25.1. The highest BCUT2D eigenvalue weighted by atomic mass is 32.1. The lowest BCUT2D eigenvalue weighted by atomic mass is 9.63. The second-order valence-corrected chi connectivity index (χ2v) is 12.8. The van der Waals surface area contributed by atoms with Crippen LogP contribution in [0.15, 0.2) is 60.8 Å². The molecule has 2 fully saturated rings. The molecule has 4 aromatic rings. The minimum atomic E-state index is -1.04. The smallest absolute Gasteiger partial charge is 0.136 e. The average Bonchev–Trinajstić information content (AvgIpc) is 3.54. The van der Waals surface area contributed by atoms with Crippen LogP contribution in [-0.4, -0.2) is 31.6 Å². The molecule has 0 atom stereocenters. The number of aliphatic hydroxyl groups is 2. The molecule has 4 N–H and O–H groups in total. The predicted molar refractivity (Wildman–Crippen MR) is 147 cm³/mol. The SMILES string of the molecule is C[C@]1(O)C[C@@](N)(c2ccc(-c3nc(-c4cnc(C5(O)CCC(=O)CC5)s4)sc3-c3ccccc3)cc2)C1. The minimum absolute atomic E-state index is 0.202. The van der Waals surface area contributed by atoms with Crippen molar-refractivity contribution in [3.8, 4) is 31.6 Å². The van der Waals surface area contributed by atoms with E-state index in [4.69, 9.17) is 10.7 Å². The van der Waals surface area contributed by atoms with E-state index in [1.807, 2.05) is 37.3 Å². The Morgan fingerprint density at radius 1 is 0.919 bits per heavy atom. The number of thiazole rings is 2. The Hall–Kier alpha value is -2.75. The summed E-state index contributed by atoms with van der Waals surface area (Å²) in [6.45, 7) is 1.83. The topological polar surface area (TPSA) is 109 Å². The van der Waals surface area contributed by atoms with E-state index in [-0.39, 0.29) is 5.78 Å². The molecular weight excluding hydrogens is 502 g/mol. The van der Waals surface area contributed by atoms with Gasteiger partial charge in [-0.25, -0.2) is 9.97 Å². The molecular formula is C29H29N3O3S2. The first-order valence-corrected chi connectivity index (χ1v) is 14.2. The van der Waals surface area contributed by atoms with Crippen LogP contribution in [0.5, 0.6) is 0 Å². The third-order valence-corrected chi connectivity index (χ3v) is 10.0. The van der Waals surface area contributed by atoms with Gasteiger partial charge in [-0.15, -0.1) is 22.7 Å². The number of aromatic nitrogens is 2. The van der Waals surface area contributed by atoms with E-state index in [1.54, 1.807) is 17.5 Å². The molecule has 0 saturated heterocycles. The molecule has 37 heavy (non-hydrogen) atoms. The summed E-state index contributed by atoms with van der Waals surface area (Å²) in [7, 11) is 0. The lowest BCUT2D eigenvalue weighted by Gasteiger charge is -2.49. The fourth-order valence-electron chi connectivity index (χ4n) is 5.62. The molecule has 2 saturated carbocycles. The van der Waals surface area contributed by atoms with Crippen LogP contribution >= 0.6 is 22.7 Å². The molecule has 2 heterocycles. The zero-order valence-corrected chi connectivity index (χ0v) is 22.2. The zero-order chi connectivity index (χ0) is 25.8. The Morgan fingerprint density at radius 2 is 1.59 bits per heavy atom. The van der Waals surface area contributed by atoms with Crippen LogP contribution in [-0.2, 0) is 15.9 Å². The molecule has 8 heteroatoms. The maximum absolute atomic E-state index is 11.7. The summed E-state index contributed by atoms with van der Waals surface area (Å²) in [4.78, 5) is 23.3. The van der Waals surface area contributed by atoms with E-state index >= 15 is 0 Å². The van der Waals surface area contributed by atoms with E-state index in [0.717, 1.165) is 37.1 Å². The summed E-state index contributed by atoms with van der Waals surface area (Å²) in [5.41, 5.74) is 8.30. The molecule has 0 radical (unpaired) electrons. The number of carbonyl (C=O) groups is 1. The van der Waals surface area contributed by atoms with Crippen LogP contribution in [0.25, 0.3) is 31.6 Å². The molecule has 2 aliphatic rings. The first kappa shape index (κ1) is 24.6. The standard InChI is InChI=1S/C29H29N3O3S2/c1-27(34)16-28(30,17-27)20-9-7-18(8-10-20)23-24(19-5-3-2-4-6-19)37-25(32-23)22-15-31-26(36-22)29(35)13-11-21(33)12-14-29/h2-10,15,34-35H,11-14,16-17,30H2,1H3/t27-,28-. The van der Waals surface area contributed by atoms with Gasteiger partial charge in [-0.05, 0) is 43.7 Å². The summed E-state index contributed by atoms with van der Waals surface area (Å²) in [5, 5.41) is 22.8. The Labute approximate surface area is 223 Å². The first-order valence-electron chi connectivity index (χ1n) is 12.5. The Kier molecular flexibility index (Phi) is 5.93. The predicted octanol–water partition coefficient (Wildman–Crippen LogP) is 5.63. The number of nitrogens with zero attached hydrogens (tertiary/aromatic N) is 2. The number of Topliss-reactive ketones (excluding diaryl/α,β-unsaturated/α-hetero) is 1. The van der Waals surface area contributed by atoms with E-state index in [0.29, 0.717) is 43.5 Å². The molecule has 6 rings (SSSR count). The van der Waals surface area contributed by atoms with Crippen LogP contribution < -0.4 is 5.73 Å². The van der Waals surface area contributed by atoms with Crippen molar-refractivity contribution >= 4 is 28.5 Å². The Bertz CT molecular complexity index is 1440. The monoisotopic (exact) mass is 531 g/mol. The third kappa shape index (κ3) is 4.57. The van der Waals surface area contributed by atoms with Gasteiger partial charge in [0.15, 0.2) is 0 Å². The second kappa shape index (κ2) is 8.92. The Morgan fingerprint density at radius 3 is 2.24 bits per heavy atom. The van der Waals surface area contributed by atoms with Crippen molar-refractivity contribution in [3.05, 3.63) is 71.4 Å². The van der Waals surface area contributed by atoms with Crippen LogP contribution in [0, 0.1) is 0 Å². The highest BCUT2D eigenvalue weighted by Gasteiger charge is 2.49. The number of hydrogen-bond acceptors (Lipinski definition) is 8. The summed E-state index contributed by atoms with van der Waals surface area (Å²) in [6, 6.07) is 18.4. The van der Waals surface area contributed by atoms with Gasteiger partial charge in [0, 0.05) is 30.1 Å². The zero-order valence-electron chi connectivity index (χ0n) is 20.6. The van der Waals surface area contributed by atoms with E-state index in [2.05, 4.69) is 29.2 Å². The summed E-state index contributed by atoms with van der Waals surface area (Å²) in [6.07, 6.45) is 4.50. The third-order valence-electron chi connectivity index (χ3n) is 7.54. The molecule has 190 valence electrons. The van der Waals surface area contributed by atoms with Crippen molar-refractivity contribution in [3.63, 3.8) is 0 Å². The molecule has 0 amide bonds. The van der Waals surface area contributed by atoms with Crippen molar-refractivity contribution < 1.29 is 15.0 Å². The van der Waals surface area contributed by atoms with Gasteiger partial charge < -0.3 is 15.9 Å². The summed E-state index contributed by atoms with van der Waals surface area (Å²) < 4.78 is 0. The highest BCUT2D eigenvalue weighted by molar-refractivity contribution is 7.23. The molecule has 6 nitrogen and oxygen atoms in total. The van der Waals surface area contributed by atoms with E-state index < -0.39 is 16.7 Å². The summed E-state index contributed by atoms with van der Waals surface area (Å²) in [5.74, 6) is 0.202. The number of ketones is 1. The number of carbonyl (C=O) groups excluding carboxylic acids is 1. The van der Waals surface area contributed by atoms with Crippen LogP contribution in [0.2, 0.25) is 0 Å². The van der Waals surface area contributed by atoms with Crippen molar-refractivity contribution in [2.45, 2.75) is 62.2 Å². The van der Waals surface area contributed by atoms with Gasteiger partial charge in [-0.3, -0.25) is 4.79 Å². The van der Waals surface area contributed by atoms with Gasteiger partial charge in [0.05, 0.1) is 21.0 Å². The number of hydrogen-bond donors (Lipinski definition) is 3. The fourth-order valence-corrected chi connectivity index (χ4v) is 7.82. The Balaban J connectivity index is 1.35. The number of rotatable bonds is 5. The maximum atomic E-state index is 11.7. The average molecular weight is 532 g/mol. The van der Waals surface area contributed by atoms with Gasteiger partial charge >= 0.3 is 0 Å². The van der Waals surface area contributed by atoms with Gasteiger partial charge in [-0.1, -0.05) is 54.6 Å². The van der Waals surface area contributed by atoms with E-state index in [1.165, 1.54) is 11.3 Å². The van der Waals surface area contributed by atoms with Crippen molar-refractivity contribution in [2.24, 2.45) is 5.73 Å². The first-order chi connectivity index (χ1) is 17.6. The quantitative estimate of drug-likeness (QED) is 0.308. The lowest BCUT2D eigenvalue weighted by molar-refractivity contribution is -0.125. The minimum Gasteiger partial charge on any atom is -0.390 e. The maximum Gasteiger partial charge on any atom is 0.136 e. The number of benzene rings is 2. The van der Waals surface area contributed by atoms with Gasteiger partial charge in [-0.2, -0.15) is 0 Å². The second-order valence-electron chi connectivity index (χ2n) is 10.7.